The van der Waals surface area contributed by atoms with Crippen LogP contribution >= 0.6 is 11.3 Å². The van der Waals surface area contributed by atoms with Gasteiger partial charge in [-0.25, -0.2) is 4.79 Å². The number of carbonyl (C=O) groups is 1. The molecule has 146 valence electrons. The molecule has 1 amide bonds. The van der Waals surface area contributed by atoms with Crippen molar-refractivity contribution in [3.05, 3.63) is 103 Å². The van der Waals surface area contributed by atoms with E-state index in [4.69, 9.17) is 0 Å². The molecule has 2 aromatic carbocycles. The monoisotopic (exact) mass is 405 g/mol. The molecule has 4 aromatic rings. The molecule has 0 aliphatic heterocycles. The number of aryl methyl sites for hydroxylation is 1. The third-order valence-corrected chi connectivity index (χ3v) is 5.59. The predicted octanol–water partition coefficient (Wildman–Crippen LogP) is 2.92. The van der Waals surface area contributed by atoms with Gasteiger partial charge in [0.05, 0.1) is 17.4 Å². The van der Waals surface area contributed by atoms with Crippen molar-refractivity contribution in [2.24, 2.45) is 0 Å². The number of carbonyl (C=O) groups excluding carboxylic acids is 1. The largest absolute Gasteiger partial charge is 0.347 e. The molecule has 0 saturated heterocycles. The molecular weight excluding hydrogens is 386 g/mol. The summed E-state index contributed by atoms with van der Waals surface area (Å²) in [7, 11) is 0. The van der Waals surface area contributed by atoms with Crippen molar-refractivity contribution in [3.8, 4) is 0 Å². The number of fused-ring (bicyclic) bond motifs is 1. The van der Waals surface area contributed by atoms with Crippen molar-refractivity contribution >= 4 is 28.1 Å². The maximum Gasteiger partial charge on any atom is 0.328 e. The molecule has 6 nitrogen and oxygen atoms in total. The highest BCUT2D eigenvalue weighted by Gasteiger charge is 2.11. The number of aromatic nitrogens is 2. The summed E-state index contributed by atoms with van der Waals surface area (Å²) in [5.74, 6) is -0.255. The lowest BCUT2D eigenvalue weighted by atomic mass is 10.1. The molecule has 2 aromatic heterocycles. The number of thiophene rings is 1. The number of H-pyrrole nitrogens is 1. The third-order valence-electron chi connectivity index (χ3n) is 4.71. The molecular formula is C22H19N3O3S. The fraction of sp³-hybridized carbons (Fsp3) is 0.136. The molecule has 0 saturated carbocycles. The molecule has 0 aliphatic rings. The van der Waals surface area contributed by atoms with Crippen molar-refractivity contribution in [3.63, 3.8) is 0 Å². The number of amides is 1. The highest BCUT2D eigenvalue weighted by molar-refractivity contribution is 7.09. The maximum absolute atomic E-state index is 12.8. The average molecular weight is 405 g/mol. The van der Waals surface area contributed by atoms with E-state index in [1.165, 1.54) is 4.57 Å². The van der Waals surface area contributed by atoms with E-state index in [9.17, 15) is 14.4 Å². The Labute approximate surface area is 170 Å². The zero-order chi connectivity index (χ0) is 20.2. The number of rotatable bonds is 6. The highest BCUT2D eigenvalue weighted by Crippen LogP contribution is 2.11. The van der Waals surface area contributed by atoms with Gasteiger partial charge in [0, 0.05) is 17.0 Å². The van der Waals surface area contributed by atoms with Gasteiger partial charge < -0.3 is 10.3 Å². The predicted molar refractivity (Wildman–Crippen MR) is 114 cm³/mol. The van der Waals surface area contributed by atoms with E-state index in [1.807, 2.05) is 47.8 Å². The second-order valence-electron chi connectivity index (χ2n) is 6.64. The first-order chi connectivity index (χ1) is 14.1. The van der Waals surface area contributed by atoms with Crippen LogP contribution in [0.3, 0.4) is 0 Å². The van der Waals surface area contributed by atoms with Crippen molar-refractivity contribution in [1.82, 2.24) is 14.9 Å². The minimum Gasteiger partial charge on any atom is -0.347 e. The van der Waals surface area contributed by atoms with Crippen LogP contribution in [0.2, 0.25) is 0 Å². The third kappa shape index (κ3) is 4.20. The van der Waals surface area contributed by atoms with E-state index < -0.39 is 5.69 Å². The van der Waals surface area contributed by atoms with Crippen molar-refractivity contribution in [2.45, 2.75) is 19.5 Å². The van der Waals surface area contributed by atoms with Crippen LogP contribution in [0.5, 0.6) is 0 Å². The Bertz CT molecular complexity index is 1260. The fourth-order valence-electron chi connectivity index (χ4n) is 3.17. The molecule has 0 unspecified atom stereocenters. The Balaban J connectivity index is 1.57. The highest BCUT2D eigenvalue weighted by atomic mass is 32.1. The molecule has 7 heteroatoms. The zero-order valence-electron chi connectivity index (χ0n) is 15.6. The number of benzene rings is 2. The van der Waals surface area contributed by atoms with Gasteiger partial charge in [0.15, 0.2) is 0 Å². The van der Waals surface area contributed by atoms with Gasteiger partial charge in [-0.2, -0.15) is 0 Å². The molecule has 29 heavy (non-hydrogen) atoms. The second-order valence-corrected chi connectivity index (χ2v) is 7.68. The van der Waals surface area contributed by atoms with Crippen LogP contribution in [0.25, 0.3) is 10.9 Å². The maximum atomic E-state index is 12.8. The van der Waals surface area contributed by atoms with E-state index in [0.29, 0.717) is 29.4 Å². The first-order valence-corrected chi connectivity index (χ1v) is 10.1. The van der Waals surface area contributed by atoms with Gasteiger partial charge in [0.2, 0.25) is 0 Å². The summed E-state index contributed by atoms with van der Waals surface area (Å²) in [6.07, 6.45) is 0.582. The van der Waals surface area contributed by atoms with Gasteiger partial charge in [0.25, 0.3) is 11.5 Å². The number of aromatic amines is 1. The Morgan fingerprint density at radius 1 is 1.03 bits per heavy atom. The Hall–Kier alpha value is -3.45. The van der Waals surface area contributed by atoms with Gasteiger partial charge in [-0.3, -0.25) is 14.2 Å². The Morgan fingerprint density at radius 2 is 1.86 bits per heavy atom. The molecule has 0 bridgehead atoms. The molecule has 0 radical (unpaired) electrons. The summed E-state index contributed by atoms with van der Waals surface area (Å²) >= 11 is 1.56. The molecule has 2 heterocycles. The molecule has 4 rings (SSSR count). The number of nitrogens with zero attached hydrogens (tertiary/aromatic N) is 1. The number of hydrogen-bond donors (Lipinski definition) is 2. The smallest absolute Gasteiger partial charge is 0.328 e. The second kappa shape index (κ2) is 8.28. The summed E-state index contributed by atoms with van der Waals surface area (Å²) in [5.41, 5.74) is 0.974. The Kier molecular flexibility index (Phi) is 5.39. The topological polar surface area (TPSA) is 84.0 Å². The normalized spacial score (nSPS) is 10.9. The zero-order valence-corrected chi connectivity index (χ0v) is 16.4. The Morgan fingerprint density at radius 3 is 2.62 bits per heavy atom. The first kappa shape index (κ1) is 18.9. The fourth-order valence-corrected chi connectivity index (χ4v) is 3.81. The van der Waals surface area contributed by atoms with Gasteiger partial charge in [-0.05, 0) is 41.6 Å². The van der Waals surface area contributed by atoms with Crippen LogP contribution in [-0.2, 0) is 19.5 Å². The first-order valence-electron chi connectivity index (χ1n) is 9.23. The molecule has 0 spiro atoms. The van der Waals surface area contributed by atoms with Crippen LogP contribution < -0.4 is 16.6 Å². The average Bonchev–Trinajstić information content (AvgIpc) is 3.26. The van der Waals surface area contributed by atoms with E-state index in [0.717, 1.165) is 10.4 Å². The van der Waals surface area contributed by atoms with Crippen LogP contribution in [0.4, 0.5) is 0 Å². The van der Waals surface area contributed by atoms with Crippen molar-refractivity contribution < 1.29 is 4.79 Å². The van der Waals surface area contributed by atoms with Crippen LogP contribution in [0.15, 0.2) is 75.6 Å². The number of hydrogen-bond acceptors (Lipinski definition) is 4. The summed E-state index contributed by atoms with van der Waals surface area (Å²) in [5, 5.41) is 5.17. The molecule has 0 aliphatic carbocycles. The van der Waals surface area contributed by atoms with Gasteiger partial charge >= 0.3 is 5.69 Å². The molecule has 0 fully saturated rings. The molecule has 0 atom stereocenters. The minimum absolute atomic E-state index is 0.255. The van der Waals surface area contributed by atoms with Crippen LogP contribution in [0, 0.1) is 0 Å². The van der Waals surface area contributed by atoms with Gasteiger partial charge in [0.1, 0.15) is 0 Å². The lowest BCUT2D eigenvalue weighted by Gasteiger charge is -2.08. The standard InChI is InChI=1S/C22H19N3O3S/c26-20(23-14-17-7-4-12-29-17)16-8-9-18-19(13-16)24-22(28)25(21(18)27)11-10-15-5-2-1-3-6-15/h1-9,12-13H,10-11,14H2,(H,23,26)(H,24,28). The van der Waals surface area contributed by atoms with Crippen LogP contribution in [-0.4, -0.2) is 15.5 Å². The lowest BCUT2D eigenvalue weighted by Crippen LogP contribution is -2.35. The minimum atomic E-state index is -0.477. The quantitative estimate of drug-likeness (QED) is 0.517. The van der Waals surface area contributed by atoms with E-state index in [1.54, 1.807) is 29.5 Å². The summed E-state index contributed by atoms with van der Waals surface area (Å²) in [4.78, 5) is 41.4. The van der Waals surface area contributed by atoms with Gasteiger partial charge in [-0.15, -0.1) is 11.3 Å². The van der Waals surface area contributed by atoms with E-state index >= 15 is 0 Å². The van der Waals surface area contributed by atoms with Gasteiger partial charge in [-0.1, -0.05) is 36.4 Å². The molecule has 2 N–H and O–H groups in total. The summed E-state index contributed by atoms with van der Waals surface area (Å²) < 4.78 is 1.20. The SMILES string of the molecule is O=C(NCc1cccs1)c1ccc2c(=O)n(CCc3ccccc3)c(=O)[nH]c2c1. The van der Waals surface area contributed by atoms with Crippen LogP contribution in [0.1, 0.15) is 20.8 Å². The lowest BCUT2D eigenvalue weighted by molar-refractivity contribution is 0.0951. The van der Waals surface area contributed by atoms with E-state index in [-0.39, 0.29) is 18.0 Å². The van der Waals surface area contributed by atoms with E-state index in [2.05, 4.69) is 10.3 Å². The summed E-state index contributed by atoms with van der Waals surface area (Å²) in [6, 6.07) is 18.3. The van der Waals surface area contributed by atoms with Crippen molar-refractivity contribution in [2.75, 3.05) is 0 Å². The number of nitrogens with one attached hydrogen (secondary N) is 2. The summed E-state index contributed by atoms with van der Waals surface area (Å²) in [6.45, 7) is 0.726. The van der Waals surface area contributed by atoms with Crippen molar-refractivity contribution in [1.29, 1.82) is 0 Å².